The van der Waals surface area contributed by atoms with Crippen LogP contribution in [0.5, 0.6) is 5.88 Å². The van der Waals surface area contributed by atoms with Crippen molar-refractivity contribution in [1.82, 2.24) is 19.4 Å². The van der Waals surface area contributed by atoms with E-state index in [-0.39, 0.29) is 29.7 Å². The minimum absolute atomic E-state index is 0.0540. The first kappa shape index (κ1) is 22.5. The lowest BCUT2D eigenvalue weighted by molar-refractivity contribution is -0.112. The molecule has 1 aromatic carbocycles. The molecule has 34 heavy (non-hydrogen) atoms. The van der Waals surface area contributed by atoms with Crippen molar-refractivity contribution in [3.8, 4) is 11.6 Å². The molecule has 2 unspecified atom stereocenters. The third-order valence-electron chi connectivity index (χ3n) is 6.02. The molecule has 180 valence electrons. The second-order valence-corrected chi connectivity index (χ2v) is 9.72. The van der Waals surface area contributed by atoms with Gasteiger partial charge in [0.15, 0.2) is 5.65 Å². The van der Waals surface area contributed by atoms with E-state index in [1.165, 1.54) is 23.0 Å². The molecule has 10 heteroatoms. The summed E-state index contributed by atoms with van der Waals surface area (Å²) >= 11 is 0. The second-order valence-electron chi connectivity index (χ2n) is 9.72. The monoisotopic (exact) mass is 472 g/mol. The summed E-state index contributed by atoms with van der Waals surface area (Å²) in [5.74, 6) is -1.08. The third-order valence-corrected chi connectivity index (χ3v) is 6.02. The number of hydrogen-bond acceptors (Lipinski definition) is 6. The molecule has 2 fully saturated rings. The van der Waals surface area contributed by atoms with E-state index in [1.807, 2.05) is 20.8 Å². The number of aromatic nitrogens is 3. The summed E-state index contributed by atoms with van der Waals surface area (Å²) in [5.41, 5.74) is 0.0554. The number of benzene rings is 1. The van der Waals surface area contributed by atoms with Crippen LogP contribution in [0.25, 0.3) is 16.7 Å². The molecule has 2 aliphatic rings. The highest BCUT2D eigenvalue weighted by Crippen LogP contribution is 2.34. The van der Waals surface area contributed by atoms with Crippen molar-refractivity contribution in [3.05, 3.63) is 48.4 Å². The quantitative estimate of drug-likeness (QED) is 0.574. The average molecular weight is 472 g/mol. The topological polar surface area (TPSA) is 78.7 Å². The SMILES string of the molecule is CC(C)(C)OC(=O)N1CC2COCC(C1)C2Oc1ncnc2c1ccn2-c1ccc(F)cc1F. The molecule has 2 atom stereocenters. The molecule has 0 radical (unpaired) electrons. The van der Waals surface area contributed by atoms with Gasteiger partial charge in [-0.15, -0.1) is 0 Å². The Morgan fingerprint density at radius 1 is 1.12 bits per heavy atom. The minimum Gasteiger partial charge on any atom is -0.473 e. The lowest BCUT2D eigenvalue weighted by Gasteiger charge is -2.46. The maximum atomic E-state index is 14.4. The Hall–Kier alpha value is -3.27. The van der Waals surface area contributed by atoms with Gasteiger partial charge in [0.05, 0.1) is 24.3 Å². The number of ether oxygens (including phenoxy) is 3. The number of halogens is 2. The number of carbonyl (C=O) groups excluding carboxylic acids is 1. The molecule has 3 aromatic rings. The standard InChI is InChI=1S/C24H26F2N4O4/c1-24(2,3)34-23(31)29-9-14-11-32-12-15(10-29)20(14)33-22-17-6-7-30(21(17)27-13-28-22)19-5-4-16(25)8-18(19)26/h4-8,13-15,20H,9-12H2,1-3H3. The fraction of sp³-hybridized carbons (Fsp3) is 0.458. The maximum Gasteiger partial charge on any atom is 0.410 e. The average Bonchev–Trinajstić information content (AvgIpc) is 3.17. The van der Waals surface area contributed by atoms with E-state index in [2.05, 4.69) is 9.97 Å². The van der Waals surface area contributed by atoms with E-state index < -0.39 is 17.2 Å². The van der Waals surface area contributed by atoms with Crippen LogP contribution in [-0.2, 0) is 9.47 Å². The highest BCUT2D eigenvalue weighted by atomic mass is 19.1. The number of hydrogen-bond donors (Lipinski definition) is 0. The van der Waals surface area contributed by atoms with Gasteiger partial charge in [-0.25, -0.2) is 23.5 Å². The van der Waals surface area contributed by atoms with Crippen LogP contribution in [0, 0.1) is 23.5 Å². The molecule has 2 saturated heterocycles. The Bertz CT molecular complexity index is 1210. The summed E-state index contributed by atoms with van der Waals surface area (Å²) in [6.45, 7) is 7.34. The van der Waals surface area contributed by atoms with Crippen LogP contribution in [0.2, 0.25) is 0 Å². The number of carbonyl (C=O) groups is 1. The van der Waals surface area contributed by atoms with Crippen LogP contribution in [0.4, 0.5) is 13.6 Å². The van der Waals surface area contributed by atoms with Crippen molar-refractivity contribution in [2.75, 3.05) is 26.3 Å². The molecule has 2 bridgehead atoms. The van der Waals surface area contributed by atoms with Crippen molar-refractivity contribution in [1.29, 1.82) is 0 Å². The van der Waals surface area contributed by atoms with Gasteiger partial charge in [-0.2, -0.15) is 0 Å². The number of amides is 1. The van der Waals surface area contributed by atoms with Gasteiger partial charge in [-0.1, -0.05) is 0 Å². The predicted octanol–water partition coefficient (Wildman–Crippen LogP) is 3.96. The Kier molecular flexibility index (Phi) is 5.63. The fourth-order valence-corrected chi connectivity index (χ4v) is 4.59. The highest BCUT2D eigenvalue weighted by molar-refractivity contribution is 5.83. The van der Waals surface area contributed by atoms with Gasteiger partial charge < -0.3 is 19.1 Å². The summed E-state index contributed by atoms with van der Waals surface area (Å²) in [7, 11) is 0. The van der Waals surface area contributed by atoms with Gasteiger partial charge in [-0.05, 0) is 39.0 Å². The van der Waals surface area contributed by atoms with E-state index >= 15 is 0 Å². The Labute approximate surface area is 195 Å². The molecule has 0 aliphatic carbocycles. The molecule has 1 amide bonds. The molecule has 2 aliphatic heterocycles. The Balaban J connectivity index is 1.39. The smallest absolute Gasteiger partial charge is 0.410 e. The molecular formula is C24H26F2N4O4. The summed E-state index contributed by atoms with van der Waals surface area (Å²) in [4.78, 5) is 23.0. The van der Waals surface area contributed by atoms with Crippen molar-refractivity contribution in [2.45, 2.75) is 32.5 Å². The minimum atomic E-state index is -0.695. The zero-order chi connectivity index (χ0) is 24.0. The molecule has 8 nitrogen and oxygen atoms in total. The molecule has 4 heterocycles. The summed E-state index contributed by atoms with van der Waals surface area (Å²) < 4.78 is 46.9. The Morgan fingerprint density at radius 3 is 2.53 bits per heavy atom. The predicted molar refractivity (Wildman–Crippen MR) is 119 cm³/mol. The van der Waals surface area contributed by atoms with Gasteiger partial charge >= 0.3 is 6.09 Å². The molecule has 0 spiro atoms. The first-order chi connectivity index (χ1) is 16.2. The third kappa shape index (κ3) is 4.29. The van der Waals surface area contributed by atoms with Crippen molar-refractivity contribution in [3.63, 3.8) is 0 Å². The van der Waals surface area contributed by atoms with Crippen molar-refractivity contribution >= 4 is 17.1 Å². The molecule has 2 aromatic heterocycles. The lowest BCUT2D eigenvalue weighted by atomic mass is 9.84. The van der Waals surface area contributed by atoms with E-state index in [0.29, 0.717) is 43.2 Å². The van der Waals surface area contributed by atoms with Crippen LogP contribution in [-0.4, -0.2) is 63.5 Å². The van der Waals surface area contributed by atoms with Gasteiger partial charge in [0.1, 0.15) is 29.7 Å². The second kappa shape index (κ2) is 8.50. The van der Waals surface area contributed by atoms with E-state index in [0.717, 1.165) is 6.07 Å². The van der Waals surface area contributed by atoms with Crippen LogP contribution in [0.15, 0.2) is 36.8 Å². The largest absolute Gasteiger partial charge is 0.473 e. The number of fused-ring (bicyclic) bond motifs is 3. The molecular weight excluding hydrogens is 446 g/mol. The van der Waals surface area contributed by atoms with Crippen LogP contribution in [0.1, 0.15) is 20.8 Å². The van der Waals surface area contributed by atoms with Crippen molar-refractivity contribution in [2.24, 2.45) is 11.8 Å². The fourth-order valence-electron chi connectivity index (χ4n) is 4.59. The number of rotatable bonds is 3. The van der Waals surface area contributed by atoms with Crippen molar-refractivity contribution < 1.29 is 27.8 Å². The summed E-state index contributed by atoms with van der Waals surface area (Å²) in [6, 6.07) is 5.14. The normalized spacial score (nSPS) is 22.6. The van der Waals surface area contributed by atoms with Crippen LogP contribution >= 0.6 is 0 Å². The summed E-state index contributed by atoms with van der Waals surface area (Å²) in [6.07, 6.45) is 2.46. The number of piperidine rings is 1. The van der Waals surface area contributed by atoms with E-state index in [4.69, 9.17) is 14.2 Å². The maximum absolute atomic E-state index is 14.4. The molecule has 5 rings (SSSR count). The molecule has 0 saturated carbocycles. The zero-order valence-electron chi connectivity index (χ0n) is 19.2. The van der Waals surface area contributed by atoms with Gasteiger partial charge in [-0.3, -0.25) is 4.57 Å². The lowest BCUT2D eigenvalue weighted by Crippen LogP contribution is -2.59. The van der Waals surface area contributed by atoms with Crippen LogP contribution in [0.3, 0.4) is 0 Å². The van der Waals surface area contributed by atoms with Gasteiger partial charge in [0.2, 0.25) is 5.88 Å². The Morgan fingerprint density at radius 2 is 1.85 bits per heavy atom. The van der Waals surface area contributed by atoms with E-state index in [1.54, 1.807) is 17.2 Å². The molecule has 0 N–H and O–H groups in total. The van der Waals surface area contributed by atoms with E-state index in [9.17, 15) is 13.6 Å². The van der Waals surface area contributed by atoms with Gasteiger partial charge in [0, 0.05) is 37.2 Å². The van der Waals surface area contributed by atoms with Crippen LogP contribution < -0.4 is 4.74 Å². The zero-order valence-corrected chi connectivity index (χ0v) is 19.2. The first-order valence-electron chi connectivity index (χ1n) is 11.2. The van der Waals surface area contributed by atoms with Gasteiger partial charge in [0.25, 0.3) is 0 Å². The first-order valence-corrected chi connectivity index (χ1v) is 11.2. The highest BCUT2D eigenvalue weighted by Gasteiger charge is 2.44. The number of nitrogens with zero attached hydrogens (tertiary/aromatic N) is 4. The summed E-state index contributed by atoms with van der Waals surface area (Å²) in [5, 5.41) is 0.611. The number of likely N-dealkylation sites (tertiary alicyclic amines) is 1.